The summed E-state index contributed by atoms with van der Waals surface area (Å²) in [5, 5.41) is 8.84. The number of nitrogens with zero attached hydrogens (tertiary/aromatic N) is 2. The van der Waals surface area contributed by atoms with Crippen LogP contribution in [0.4, 0.5) is 0 Å². The normalized spacial score (nSPS) is 27.5. The Balaban J connectivity index is 1.68. The number of fused-ring (bicyclic) bond motifs is 1. The maximum atomic E-state index is 8.84. The first-order valence-electron chi connectivity index (χ1n) is 7.60. The second-order valence-corrected chi connectivity index (χ2v) is 6.03. The van der Waals surface area contributed by atoms with Gasteiger partial charge < -0.3 is 0 Å². The molecule has 2 fully saturated rings. The summed E-state index contributed by atoms with van der Waals surface area (Å²) >= 11 is 0. The molecule has 0 bridgehead atoms. The van der Waals surface area contributed by atoms with Gasteiger partial charge in [-0.15, -0.1) is 0 Å². The van der Waals surface area contributed by atoms with Crippen molar-refractivity contribution in [2.24, 2.45) is 5.92 Å². The van der Waals surface area contributed by atoms with Crippen molar-refractivity contribution in [3.63, 3.8) is 0 Å². The summed E-state index contributed by atoms with van der Waals surface area (Å²) in [6, 6.07) is 11.1. The number of rotatable bonds is 2. The standard InChI is InChI=1S/C17H22N2/c18-12-14-7-9-15(10-8-14)13-19-11-3-5-16-4-1-2-6-17(16)19/h7-10,16-17H,1-6,11,13H2. The van der Waals surface area contributed by atoms with Gasteiger partial charge in [-0.3, -0.25) is 4.90 Å². The Kier molecular flexibility index (Phi) is 3.84. The summed E-state index contributed by atoms with van der Waals surface area (Å²) in [5.41, 5.74) is 2.11. The molecule has 2 unspecified atom stereocenters. The third-order valence-corrected chi connectivity index (χ3v) is 4.83. The van der Waals surface area contributed by atoms with Gasteiger partial charge in [-0.05, 0) is 55.8 Å². The van der Waals surface area contributed by atoms with Crippen molar-refractivity contribution in [1.29, 1.82) is 5.26 Å². The zero-order valence-electron chi connectivity index (χ0n) is 11.5. The molecule has 0 radical (unpaired) electrons. The van der Waals surface area contributed by atoms with Gasteiger partial charge in [-0.25, -0.2) is 0 Å². The lowest BCUT2D eigenvalue weighted by Gasteiger charge is -2.44. The van der Waals surface area contributed by atoms with Crippen LogP contribution in [-0.2, 0) is 6.54 Å². The molecular formula is C17H22N2. The van der Waals surface area contributed by atoms with Crippen LogP contribution >= 0.6 is 0 Å². The van der Waals surface area contributed by atoms with Gasteiger partial charge in [0.2, 0.25) is 0 Å². The highest BCUT2D eigenvalue weighted by molar-refractivity contribution is 5.31. The summed E-state index contributed by atoms with van der Waals surface area (Å²) in [5.74, 6) is 0.945. The SMILES string of the molecule is N#Cc1ccc(CN2CCCC3CCCCC32)cc1. The van der Waals surface area contributed by atoms with Crippen molar-refractivity contribution in [3.05, 3.63) is 35.4 Å². The van der Waals surface area contributed by atoms with Gasteiger partial charge in [-0.2, -0.15) is 5.26 Å². The molecule has 1 heterocycles. The highest BCUT2D eigenvalue weighted by Crippen LogP contribution is 2.35. The summed E-state index contributed by atoms with van der Waals surface area (Å²) in [6.07, 6.45) is 8.47. The van der Waals surface area contributed by atoms with Crippen molar-refractivity contribution in [1.82, 2.24) is 4.90 Å². The Hall–Kier alpha value is -1.33. The molecule has 2 atom stereocenters. The van der Waals surface area contributed by atoms with E-state index in [2.05, 4.69) is 23.1 Å². The summed E-state index contributed by atoms with van der Waals surface area (Å²) in [6.45, 7) is 2.31. The fourth-order valence-corrected chi connectivity index (χ4v) is 3.84. The first-order chi connectivity index (χ1) is 9.36. The lowest BCUT2D eigenvalue weighted by atomic mass is 9.78. The lowest BCUT2D eigenvalue weighted by molar-refractivity contribution is 0.0547. The monoisotopic (exact) mass is 254 g/mol. The molecule has 19 heavy (non-hydrogen) atoms. The van der Waals surface area contributed by atoms with E-state index < -0.39 is 0 Å². The third-order valence-electron chi connectivity index (χ3n) is 4.83. The minimum atomic E-state index is 0.762. The van der Waals surface area contributed by atoms with Gasteiger partial charge in [0.15, 0.2) is 0 Å². The summed E-state index contributed by atoms with van der Waals surface area (Å²) < 4.78 is 0. The van der Waals surface area contributed by atoms with Crippen LogP contribution in [0.25, 0.3) is 0 Å². The minimum absolute atomic E-state index is 0.762. The summed E-state index contributed by atoms with van der Waals surface area (Å²) in [4.78, 5) is 2.69. The quantitative estimate of drug-likeness (QED) is 0.804. The largest absolute Gasteiger partial charge is 0.296 e. The van der Waals surface area contributed by atoms with Crippen LogP contribution in [0.2, 0.25) is 0 Å². The van der Waals surface area contributed by atoms with Gasteiger partial charge in [0, 0.05) is 12.6 Å². The molecule has 0 N–H and O–H groups in total. The Labute approximate surface area is 116 Å². The molecule has 3 rings (SSSR count). The number of nitriles is 1. The predicted octanol–water partition coefficient (Wildman–Crippen LogP) is 3.71. The molecule has 1 saturated carbocycles. The lowest BCUT2D eigenvalue weighted by Crippen LogP contribution is -2.46. The maximum Gasteiger partial charge on any atom is 0.0991 e. The summed E-state index contributed by atoms with van der Waals surface area (Å²) in [7, 11) is 0. The molecule has 0 amide bonds. The molecule has 1 aromatic carbocycles. The fourth-order valence-electron chi connectivity index (χ4n) is 3.84. The fraction of sp³-hybridized carbons (Fsp3) is 0.588. The zero-order chi connectivity index (χ0) is 13.1. The van der Waals surface area contributed by atoms with Gasteiger partial charge >= 0.3 is 0 Å². The Morgan fingerprint density at radius 2 is 1.79 bits per heavy atom. The van der Waals surface area contributed by atoms with Crippen LogP contribution in [0.1, 0.15) is 49.7 Å². The Morgan fingerprint density at radius 3 is 2.58 bits per heavy atom. The Morgan fingerprint density at radius 1 is 1.05 bits per heavy atom. The average Bonchev–Trinajstić information content (AvgIpc) is 2.48. The van der Waals surface area contributed by atoms with E-state index in [0.29, 0.717) is 0 Å². The molecule has 0 aromatic heterocycles. The van der Waals surface area contributed by atoms with Crippen LogP contribution in [0.15, 0.2) is 24.3 Å². The molecule has 1 aliphatic heterocycles. The van der Waals surface area contributed by atoms with Crippen molar-refractivity contribution in [2.75, 3.05) is 6.54 Å². The topological polar surface area (TPSA) is 27.0 Å². The van der Waals surface area contributed by atoms with E-state index in [1.807, 2.05) is 12.1 Å². The first-order valence-corrected chi connectivity index (χ1v) is 7.60. The Bertz CT molecular complexity index is 455. The van der Waals surface area contributed by atoms with Crippen LogP contribution in [0, 0.1) is 17.2 Å². The van der Waals surface area contributed by atoms with E-state index in [9.17, 15) is 0 Å². The second-order valence-electron chi connectivity index (χ2n) is 6.03. The number of hydrogen-bond acceptors (Lipinski definition) is 2. The molecule has 2 nitrogen and oxygen atoms in total. The van der Waals surface area contributed by atoms with Gasteiger partial charge in [0.25, 0.3) is 0 Å². The number of hydrogen-bond donors (Lipinski definition) is 0. The molecule has 2 heteroatoms. The third kappa shape index (κ3) is 2.82. The van der Waals surface area contributed by atoms with Crippen molar-refractivity contribution < 1.29 is 0 Å². The predicted molar refractivity (Wildman–Crippen MR) is 76.5 cm³/mol. The minimum Gasteiger partial charge on any atom is -0.296 e. The van der Waals surface area contributed by atoms with Gasteiger partial charge in [-0.1, -0.05) is 25.0 Å². The zero-order valence-corrected chi connectivity index (χ0v) is 11.5. The highest BCUT2D eigenvalue weighted by atomic mass is 15.2. The van der Waals surface area contributed by atoms with Crippen LogP contribution in [-0.4, -0.2) is 17.5 Å². The number of likely N-dealkylation sites (tertiary alicyclic amines) is 1. The smallest absolute Gasteiger partial charge is 0.0991 e. The van der Waals surface area contributed by atoms with Gasteiger partial charge in [0.1, 0.15) is 0 Å². The van der Waals surface area contributed by atoms with Crippen molar-refractivity contribution in [3.8, 4) is 6.07 Å². The van der Waals surface area contributed by atoms with Crippen molar-refractivity contribution in [2.45, 2.75) is 51.1 Å². The second kappa shape index (κ2) is 5.75. The number of benzene rings is 1. The number of piperidine rings is 1. The van der Waals surface area contributed by atoms with E-state index >= 15 is 0 Å². The molecule has 2 aliphatic rings. The van der Waals surface area contributed by atoms with Crippen LogP contribution < -0.4 is 0 Å². The maximum absolute atomic E-state index is 8.84. The van der Waals surface area contributed by atoms with Crippen LogP contribution in [0.5, 0.6) is 0 Å². The molecule has 1 aliphatic carbocycles. The van der Waals surface area contributed by atoms with E-state index in [4.69, 9.17) is 5.26 Å². The molecular weight excluding hydrogens is 232 g/mol. The first kappa shape index (κ1) is 12.7. The average molecular weight is 254 g/mol. The molecule has 1 aromatic rings. The van der Waals surface area contributed by atoms with E-state index in [-0.39, 0.29) is 0 Å². The molecule has 0 spiro atoms. The van der Waals surface area contributed by atoms with E-state index in [1.54, 1.807) is 0 Å². The van der Waals surface area contributed by atoms with E-state index in [0.717, 1.165) is 24.1 Å². The van der Waals surface area contributed by atoms with Gasteiger partial charge in [0.05, 0.1) is 11.6 Å². The highest BCUT2D eigenvalue weighted by Gasteiger charge is 2.32. The molecule has 100 valence electrons. The van der Waals surface area contributed by atoms with Crippen LogP contribution in [0.3, 0.4) is 0 Å². The molecule has 1 saturated heterocycles. The van der Waals surface area contributed by atoms with Crippen molar-refractivity contribution >= 4 is 0 Å². The van der Waals surface area contributed by atoms with E-state index in [1.165, 1.54) is 50.6 Å².